The Morgan fingerprint density at radius 2 is 2.38 bits per heavy atom. The number of aliphatic hydroxyl groups is 1. The Morgan fingerprint density at radius 3 is 3.19 bits per heavy atom. The molecule has 4 nitrogen and oxygen atoms in total. The number of hydrogen-bond acceptors (Lipinski definition) is 4. The number of aliphatic hydroxyl groups excluding tert-OH is 1. The predicted molar refractivity (Wildman–Crippen MR) is 79.0 cm³/mol. The van der Waals surface area contributed by atoms with Crippen molar-refractivity contribution in [3.63, 3.8) is 0 Å². The Kier molecular flexibility index (Phi) is 2.58. The summed E-state index contributed by atoms with van der Waals surface area (Å²) in [6.07, 6.45) is 10.00. The lowest BCUT2D eigenvalue weighted by atomic mass is 9.65. The van der Waals surface area contributed by atoms with Crippen LogP contribution in [0.15, 0.2) is 47.7 Å². The molecule has 4 rings (SSSR count). The summed E-state index contributed by atoms with van der Waals surface area (Å²) in [4.78, 5) is 2.09. The van der Waals surface area contributed by atoms with Crippen LogP contribution >= 0.6 is 0 Å². The highest BCUT2D eigenvalue weighted by atomic mass is 16.5. The first kappa shape index (κ1) is 12.1. The van der Waals surface area contributed by atoms with Crippen molar-refractivity contribution in [2.75, 3.05) is 27.2 Å². The zero-order chi connectivity index (χ0) is 15.5. The van der Waals surface area contributed by atoms with Crippen molar-refractivity contribution in [3.05, 3.63) is 47.7 Å². The van der Waals surface area contributed by atoms with Gasteiger partial charge in [-0.15, -0.1) is 0 Å². The fraction of sp³-hybridized carbons (Fsp3) is 0.529. The first-order chi connectivity index (χ1) is 10.6. The number of allylic oxidation sites excluding steroid dienone is 3. The van der Waals surface area contributed by atoms with E-state index in [1.165, 1.54) is 0 Å². The fourth-order valence-electron chi connectivity index (χ4n) is 4.03. The van der Waals surface area contributed by atoms with Gasteiger partial charge in [0.25, 0.3) is 0 Å². The lowest BCUT2D eigenvalue weighted by molar-refractivity contribution is 0.214. The van der Waals surface area contributed by atoms with Gasteiger partial charge in [-0.3, -0.25) is 0 Å². The summed E-state index contributed by atoms with van der Waals surface area (Å²) in [6, 6.07) is 0. The van der Waals surface area contributed by atoms with Gasteiger partial charge < -0.3 is 19.5 Å². The number of likely N-dealkylation sites (tertiary alicyclic amines) is 1. The van der Waals surface area contributed by atoms with E-state index in [9.17, 15) is 5.11 Å². The van der Waals surface area contributed by atoms with E-state index in [0.717, 1.165) is 30.2 Å². The molecule has 2 aliphatic heterocycles. The third kappa shape index (κ3) is 1.75. The average Bonchev–Trinajstić information content (AvgIpc) is 2.80. The van der Waals surface area contributed by atoms with Gasteiger partial charge in [0.15, 0.2) is 11.5 Å². The van der Waals surface area contributed by atoms with Gasteiger partial charge in [-0.05, 0) is 32.2 Å². The third-order valence-corrected chi connectivity index (χ3v) is 5.05. The smallest absolute Gasteiger partial charge is 0.157 e. The van der Waals surface area contributed by atoms with Crippen LogP contribution in [0.3, 0.4) is 0 Å². The molecule has 2 saturated heterocycles. The van der Waals surface area contributed by atoms with E-state index in [1.54, 1.807) is 13.2 Å². The van der Waals surface area contributed by atoms with E-state index in [1.807, 2.05) is 19.2 Å². The van der Waals surface area contributed by atoms with Crippen LogP contribution in [0.5, 0.6) is 0 Å². The van der Waals surface area contributed by atoms with E-state index < -0.39 is 6.10 Å². The standard InChI is InChI=1S/C17H21NO3/c1-18-8-7-17-6-5-12(19)9-14(17)21-16-13(20-2)4-3-11(10-18)15(16)17/h3-6,9,11-12,15,19H,7-8,10H2,1-2H3/i10D. The molecule has 2 aliphatic carbocycles. The highest BCUT2D eigenvalue weighted by Gasteiger charge is 2.57. The van der Waals surface area contributed by atoms with Crippen molar-refractivity contribution < 1.29 is 16.0 Å². The summed E-state index contributed by atoms with van der Waals surface area (Å²) in [7, 11) is 3.65. The lowest BCUT2D eigenvalue weighted by Gasteiger charge is -2.35. The molecule has 0 saturated carbocycles. The summed E-state index contributed by atoms with van der Waals surface area (Å²) >= 11 is 0. The summed E-state index contributed by atoms with van der Waals surface area (Å²) in [5.74, 6) is 2.47. The normalized spacial score (nSPS) is 45.3. The molecule has 5 atom stereocenters. The molecule has 0 amide bonds. The van der Waals surface area contributed by atoms with Gasteiger partial charge in [0, 0.05) is 19.7 Å². The highest BCUT2D eigenvalue weighted by Crippen LogP contribution is 2.59. The molecule has 1 spiro atoms. The summed E-state index contributed by atoms with van der Waals surface area (Å²) in [5.41, 5.74) is -0.266. The van der Waals surface area contributed by atoms with Gasteiger partial charge in [0.1, 0.15) is 5.76 Å². The maximum absolute atomic E-state index is 9.93. The van der Waals surface area contributed by atoms with E-state index in [-0.39, 0.29) is 23.8 Å². The van der Waals surface area contributed by atoms with Crippen LogP contribution in [0.1, 0.15) is 7.79 Å². The molecule has 4 aliphatic rings. The third-order valence-electron chi connectivity index (χ3n) is 5.05. The highest BCUT2D eigenvalue weighted by molar-refractivity contribution is 5.42. The lowest BCUT2D eigenvalue weighted by Crippen LogP contribution is -2.34. The van der Waals surface area contributed by atoms with Crippen molar-refractivity contribution in [1.29, 1.82) is 0 Å². The maximum Gasteiger partial charge on any atom is 0.157 e. The summed E-state index contributed by atoms with van der Waals surface area (Å²) in [5, 5.41) is 9.93. The Labute approximate surface area is 126 Å². The molecule has 112 valence electrons. The minimum atomic E-state index is -0.605. The summed E-state index contributed by atoms with van der Waals surface area (Å²) < 4.78 is 20.2. The van der Waals surface area contributed by atoms with Crippen molar-refractivity contribution in [3.8, 4) is 0 Å². The van der Waals surface area contributed by atoms with Crippen molar-refractivity contribution in [2.45, 2.75) is 12.5 Å². The Balaban J connectivity index is 1.90. The van der Waals surface area contributed by atoms with Crippen LogP contribution < -0.4 is 0 Å². The second kappa shape index (κ2) is 4.49. The zero-order valence-corrected chi connectivity index (χ0v) is 12.3. The number of rotatable bonds is 1. The monoisotopic (exact) mass is 288 g/mol. The van der Waals surface area contributed by atoms with Crippen molar-refractivity contribution in [1.82, 2.24) is 4.90 Å². The molecule has 0 aromatic carbocycles. The minimum Gasteiger partial charge on any atom is -0.493 e. The maximum atomic E-state index is 9.93. The van der Waals surface area contributed by atoms with Crippen LogP contribution in [0.25, 0.3) is 0 Å². The van der Waals surface area contributed by atoms with E-state index in [2.05, 4.69) is 17.1 Å². The fourth-order valence-corrected chi connectivity index (χ4v) is 4.03. The molecule has 4 heteroatoms. The topological polar surface area (TPSA) is 41.9 Å². The molecular weight excluding hydrogens is 266 g/mol. The Hall–Kier alpha value is -1.52. The first-order valence-corrected chi connectivity index (χ1v) is 7.43. The van der Waals surface area contributed by atoms with Gasteiger partial charge in [-0.2, -0.15) is 0 Å². The van der Waals surface area contributed by atoms with Crippen LogP contribution in [-0.4, -0.2) is 43.3 Å². The van der Waals surface area contributed by atoms with Crippen LogP contribution in [0.4, 0.5) is 0 Å². The van der Waals surface area contributed by atoms with Gasteiger partial charge >= 0.3 is 0 Å². The Morgan fingerprint density at radius 1 is 1.52 bits per heavy atom. The molecule has 21 heavy (non-hydrogen) atoms. The van der Waals surface area contributed by atoms with Gasteiger partial charge in [0.05, 0.1) is 18.6 Å². The van der Waals surface area contributed by atoms with Crippen LogP contribution in [0.2, 0.25) is 0 Å². The van der Waals surface area contributed by atoms with E-state index in [0.29, 0.717) is 0 Å². The molecule has 0 bridgehead atoms. The largest absolute Gasteiger partial charge is 0.493 e. The van der Waals surface area contributed by atoms with Crippen LogP contribution in [-0.2, 0) is 9.47 Å². The number of hydrogen-bond donors (Lipinski definition) is 1. The molecule has 2 heterocycles. The second-order valence-corrected chi connectivity index (χ2v) is 6.25. The number of ether oxygens (including phenoxy) is 2. The SMILES string of the molecule is [2H]C1C2C=CC(OC)=C3OC4=CC(O)C=CC4(CCN1C)C32. The quantitative estimate of drug-likeness (QED) is 0.747. The number of methoxy groups -OCH3 is 1. The zero-order valence-electron chi connectivity index (χ0n) is 13.3. The molecule has 1 N–H and O–H groups in total. The second-order valence-electron chi connectivity index (χ2n) is 6.25. The first-order valence-electron chi connectivity index (χ1n) is 8.01. The minimum absolute atomic E-state index is 0.0483. The van der Waals surface area contributed by atoms with Gasteiger partial charge in [-0.25, -0.2) is 0 Å². The summed E-state index contributed by atoms with van der Waals surface area (Å²) in [6.45, 7) is 0.517. The molecule has 0 radical (unpaired) electrons. The van der Waals surface area contributed by atoms with E-state index >= 15 is 0 Å². The molecule has 5 unspecified atom stereocenters. The van der Waals surface area contributed by atoms with Crippen molar-refractivity contribution >= 4 is 0 Å². The number of nitrogens with zero attached hydrogens (tertiary/aromatic N) is 1. The molecule has 0 aromatic rings. The Bertz CT molecular complexity index is 623. The van der Waals surface area contributed by atoms with Gasteiger partial charge in [-0.1, -0.05) is 18.2 Å². The van der Waals surface area contributed by atoms with E-state index in [4.69, 9.17) is 10.8 Å². The predicted octanol–water partition coefficient (Wildman–Crippen LogP) is 1.81. The molecule has 2 fully saturated rings. The molecule has 0 aromatic heterocycles. The van der Waals surface area contributed by atoms with Crippen LogP contribution in [0, 0.1) is 17.3 Å². The average molecular weight is 288 g/mol. The van der Waals surface area contributed by atoms with Crippen molar-refractivity contribution in [2.24, 2.45) is 17.3 Å². The molecular formula is C17H21NO3. The van der Waals surface area contributed by atoms with Gasteiger partial charge in [0.2, 0.25) is 0 Å².